The summed E-state index contributed by atoms with van der Waals surface area (Å²) in [5, 5.41) is 2.75. The molecule has 0 heterocycles. The molecule has 1 unspecified atom stereocenters. The van der Waals surface area contributed by atoms with E-state index in [2.05, 4.69) is 23.7 Å². The summed E-state index contributed by atoms with van der Waals surface area (Å²) in [6.07, 6.45) is 1.10. The number of hydrogen-bond donors (Lipinski definition) is 5. The standard InChI is InChI=1S/C3H9N.C2H7N.C2H6.CH6N2.CH5NO2S/c1-2-3-4;1-3-2;1-2;2-1-3;1-2-5(3)4/h2-4H2,1H3;3H,1-2H3;1-2H3;1-3H2;2H,1H3,(H,3,4)/p-1. The monoisotopic (exact) mass is 274 g/mol. The Kier molecular flexibility index (Phi) is 100. The van der Waals surface area contributed by atoms with Crippen LogP contribution in [0.2, 0.25) is 0 Å². The Hall–Kier alpha value is -0.0900. The molecule has 0 radical (unpaired) electrons. The number of hydrogen-bond acceptors (Lipinski definition) is 6. The quantitative estimate of drug-likeness (QED) is 0.325. The van der Waals surface area contributed by atoms with E-state index in [9.17, 15) is 8.76 Å². The van der Waals surface area contributed by atoms with E-state index < -0.39 is 11.3 Å². The van der Waals surface area contributed by atoms with Crippen LogP contribution in [0.1, 0.15) is 27.2 Å². The molecule has 7 nitrogen and oxygen atoms in total. The lowest BCUT2D eigenvalue weighted by Gasteiger charge is -1.95. The van der Waals surface area contributed by atoms with E-state index in [1.54, 1.807) is 0 Å². The van der Waals surface area contributed by atoms with Crippen molar-refractivity contribution in [2.24, 2.45) is 17.2 Å². The highest BCUT2D eigenvalue weighted by Crippen LogP contribution is 1.57. The van der Waals surface area contributed by atoms with Gasteiger partial charge in [0.25, 0.3) is 0 Å². The zero-order valence-electron chi connectivity index (χ0n) is 12.1. The smallest absolute Gasteiger partial charge is 0.0403 e. The van der Waals surface area contributed by atoms with Crippen LogP contribution in [0, 0.1) is 0 Å². The third-order valence-corrected chi connectivity index (χ3v) is 0.789. The van der Waals surface area contributed by atoms with Gasteiger partial charge in [-0.3, -0.25) is 8.93 Å². The van der Waals surface area contributed by atoms with Crippen molar-refractivity contribution in [1.82, 2.24) is 10.0 Å². The maximum Gasteiger partial charge on any atom is 0.0403 e. The maximum atomic E-state index is 9.26. The topological polar surface area (TPSA) is 142 Å². The molecule has 0 aliphatic heterocycles. The minimum Gasteiger partial charge on any atom is -0.760 e. The minimum atomic E-state index is -2.07. The predicted molar refractivity (Wildman–Crippen MR) is 76.9 cm³/mol. The van der Waals surface area contributed by atoms with Crippen molar-refractivity contribution >= 4 is 11.3 Å². The average Bonchev–Trinajstić information content (AvgIpc) is 2.34. The maximum absolute atomic E-state index is 9.26. The van der Waals surface area contributed by atoms with Crippen LogP contribution in [-0.2, 0) is 11.3 Å². The third kappa shape index (κ3) is 364. The molecule has 0 aromatic heterocycles. The van der Waals surface area contributed by atoms with E-state index in [-0.39, 0.29) is 6.67 Å². The van der Waals surface area contributed by atoms with Gasteiger partial charge < -0.3 is 27.1 Å². The highest BCUT2D eigenvalue weighted by Gasteiger charge is 1.57. The summed E-state index contributed by atoms with van der Waals surface area (Å²) < 4.78 is 20.5. The normalized spacial score (nSPS) is 8.59. The van der Waals surface area contributed by atoms with Gasteiger partial charge in [0.2, 0.25) is 0 Å². The Morgan fingerprint density at radius 1 is 1.12 bits per heavy atom. The van der Waals surface area contributed by atoms with Crippen molar-refractivity contribution in [1.29, 1.82) is 0 Å². The van der Waals surface area contributed by atoms with E-state index in [4.69, 9.17) is 5.73 Å². The zero-order valence-corrected chi connectivity index (χ0v) is 12.9. The van der Waals surface area contributed by atoms with Gasteiger partial charge in [0.15, 0.2) is 0 Å². The fourth-order valence-corrected chi connectivity index (χ4v) is 0. The van der Waals surface area contributed by atoms with Crippen LogP contribution in [0.15, 0.2) is 0 Å². The average molecular weight is 274 g/mol. The second-order valence-electron chi connectivity index (χ2n) is 1.96. The molecule has 0 saturated heterocycles. The van der Waals surface area contributed by atoms with E-state index in [0.717, 1.165) is 13.0 Å². The summed E-state index contributed by atoms with van der Waals surface area (Å²) in [5.74, 6) is 0. The zero-order chi connectivity index (χ0) is 15.1. The van der Waals surface area contributed by atoms with Crippen LogP contribution < -0.4 is 27.2 Å². The Morgan fingerprint density at radius 3 is 1.24 bits per heavy atom. The molecule has 8 N–H and O–H groups in total. The lowest BCUT2D eigenvalue weighted by Crippen LogP contribution is -2.08. The summed E-state index contributed by atoms with van der Waals surface area (Å²) >= 11 is -2.07. The number of nitrogens with one attached hydrogen (secondary N) is 2. The lowest BCUT2D eigenvalue weighted by molar-refractivity contribution is 0.529. The predicted octanol–water partition coefficient (Wildman–Crippen LogP) is -0.922. The highest BCUT2D eigenvalue weighted by atomic mass is 32.2. The Bertz CT molecular complexity index is 95.5. The van der Waals surface area contributed by atoms with Crippen LogP contribution in [-0.4, -0.2) is 43.1 Å². The van der Waals surface area contributed by atoms with E-state index in [1.165, 1.54) is 7.05 Å². The first-order valence-electron chi connectivity index (χ1n) is 5.47. The summed E-state index contributed by atoms with van der Waals surface area (Å²) in [7, 11) is 5.09. The first-order chi connectivity index (χ1) is 8.01. The van der Waals surface area contributed by atoms with Crippen LogP contribution >= 0.6 is 0 Å². The molecular formula is C9H32N5O2S-. The van der Waals surface area contributed by atoms with Gasteiger partial charge >= 0.3 is 0 Å². The summed E-state index contributed by atoms with van der Waals surface area (Å²) in [6.45, 7) is 7.12. The van der Waals surface area contributed by atoms with Gasteiger partial charge in [-0.2, -0.15) is 0 Å². The van der Waals surface area contributed by atoms with Crippen molar-refractivity contribution < 1.29 is 8.76 Å². The Labute approximate surface area is 109 Å². The molecule has 0 aromatic rings. The minimum absolute atomic E-state index is 0.250. The number of rotatable bonds is 2. The van der Waals surface area contributed by atoms with E-state index in [0.29, 0.717) is 0 Å². The van der Waals surface area contributed by atoms with Gasteiger partial charge in [-0.05, 0) is 34.1 Å². The van der Waals surface area contributed by atoms with Crippen LogP contribution in [0.3, 0.4) is 0 Å². The van der Waals surface area contributed by atoms with Crippen molar-refractivity contribution in [2.45, 2.75) is 27.2 Å². The van der Waals surface area contributed by atoms with Gasteiger partial charge in [0.05, 0.1) is 0 Å². The van der Waals surface area contributed by atoms with Gasteiger partial charge in [0.1, 0.15) is 0 Å². The van der Waals surface area contributed by atoms with Crippen LogP contribution in [0.4, 0.5) is 0 Å². The van der Waals surface area contributed by atoms with E-state index >= 15 is 0 Å². The molecule has 0 aliphatic rings. The largest absolute Gasteiger partial charge is 0.760 e. The molecule has 0 spiro atoms. The van der Waals surface area contributed by atoms with Gasteiger partial charge in [-0.25, -0.2) is 0 Å². The van der Waals surface area contributed by atoms with Crippen molar-refractivity contribution in [3.05, 3.63) is 0 Å². The van der Waals surface area contributed by atoms with Crippen molar-refractivity contribution in [2.75, 3.05) is 34.4 Å². The fourth-order valence-electron chi connectivity index (χ4n) is 0. The second kappa shape index (κ2) is 56.5. The molecule has 0 amide bonds. The summed E-state index contributed by atoms with van der Waals surface area (Å²) in [4.78, 5) is 0. The van der Waals surface area contributed by atoms with Gasteiger partial charge in [-0.15, -0.1) is 0 Å². The Morgan fingerprint density at radius 2 is 1.24 bits per heavy atom. The van der Waals surface area contributed by atoms with Crippen molar-refractivity contribution in [3.63, 3.8) is 0 Å². The van der Waals surface area contributed by atoms with Crippen LogP contribution in [0.25, 0.3) is 0 Å². The molecule has 0 aromatic carbocycles. The van der Waals surface area contributed by atoms with Gasteiger partial charge in [-0.1, -0.05) is 20.8 Å². The molecule has 0 fully saturated rings. The molecule has 17 heavy (non-hydrogen) atoms. The molecule has 0 bridgehead atoms. The third-order valence-electron chi connectivity index (χ3n) is 0.455. The van der Waals surface area contributed by atoms with Gasteiger partial charge in [0, 0.05) is 17.9 Å². The van der Waals surface area contributed by atoms with Crippen LogP contribution in [0.5, 0.6) is 0 Å². The fraction of sp³-hybridized carbons (Fsp3) is 1.00. The SMILES string of the molecule is CC.CCCN.CNC.CNS(=O)[O-].NCN. The van der Waals surface area contributed by atoms with Crippen molar-refractivity contribution in [3.8, 4) is 0 Å². The first-order valence-corrected chi connectivity index (χ1v) is 6.54. The molecular weight excluding hydrogens is 242 g/mol. The summed E-state index contributed by atoms with van der Waals surface area (Å²) in [5.41, 5.74) is 14.3. The molecule has 1 atom stereocenters. The number of nitrogens with two attached hydrogens (primary N) is 3. The summed E-state index contributed by atoms with van der Waals surface area (Å²) in [6, 6.07) is 0. The first kappa shape index (κ1) is 30.2. The second-order valence-corrected chi connectivity index (χ2v) is 2.84. The molecule has 112 valence electrons. The molecule has 0 aliphatic carbocycles. The lowest BCUT2D eigenvalue weighted by atomic mass is 10.5. The van der Waals surface area contributed by atoms with E-state index in [1.807, 2.05) is 32.7 Å². The molecule has 8 heteroatoms. The highest BCUT2D eigenvalue weighted by molar-refractivity contribution is 7.77. The Balaban J connectivity index is -0.0000000367. The molecule has 0 rings (SSSR count). The molecule has 0 saturated carbocycles.